The lowest BCUT2D eigenvalue weighted by Gasteiger charge is -2.59. The summed E-state index contributed by atoms with van der Waals surface area (Å²) in [6.07, 6.45) is 7.50. The molecule has 4 rings (SSSR count). The monoisotopic (exact) mass is 402 g/mol. The summed E-state index contributed by atoms with van der Waals surface area (Å²) in [5, 5.41) is 22.7. The number of rotatable bonds is 3. The topological polar surface area (TPSA) is 101 Å². The van der Waals surface area contributed by atoms with Crippen molar-refractivity contribution >= 4 is 17.5 Å². The Morgan fingerprint density at radius 2 is 2.00 bits per heavy atom. The highest BCUT2D eigenvalue weighted by atomic mass is 16.5. The number of Topliss-reactive ketones (excluding diaryl/α,β-unsaturated/α-hetero) is 1. The number of carbonyl (C=O) groups is 3. The zero-order chi connectivity index (χ0) is 21.2. The van der Waals surface area contributed by atoms with Gasteiger partial charge in [-0.1, -0.05) is 25.5 Å². The van der Waals surface area contributed by atoms with Gasteiger partial charge < -0.3 is 14.9 Å². The van der Waals surface area contributed by atoms with E-state index in [1.54, 1.807) is 12.2 Å². The van der Waals surface area contributed by atoms with E-state index in [1.807, 2.05) is 13.0 Å². The fourth-order valence-corrected chi connectivity index (χ4v) is 7.08. The number of esters is 1. The number of allylic oxidation sites excluding steroid dienone is 4. The zero-order valence-electron chi connectivity index (χ0n) is 17.3. The number of carbonyl (C=O) groups excluding carboxylic acids is 3. The van der Waals surface area contributed by atoms with E-state index in [0.29, 0.717) is 19.3 Å². The summed E-state index contributed by atoms with van der Waals surface area (Å²) in [6, 6.07) is 0. The predicted octanol–water partition coefficient (Wildman–Crippen LogP) is 2.13. The summed E-state index contributed by atoms with van der Waals surface area (Å²) in [5.41, 5.74) is -1.67. The highest BCUT2D eigenvalue weighted by Gasteiger charge is 2.68. The quantitative estimate of drug-likeness (QED) is 0.702. The summed E-state index contributed by atoms with van der Waals surface area (Å²) in [7, 11) is 0. The Morgan fingerprint density at radius 1 is 1.28 bits per heavy atom. The molecule has 0 aromatic rings. The van der Waals surface area contributed by atoms with Gasteiger partial charge >= 0.3 is 5.97 Å². The maximum Gasteiger partial charge on any atom is 0.303 e. The summed E-state index contributed by atoms with van der Waals surface area (Å²) >= 11 is 0. The van der Waals surface area contributed by atoms with Crippen LogP contribution >= 0.6 is 0 Å². The first-order valence-electron chi connectivity index (χ1n) is 10.5. The van der Waals surface area contributed by atoms with Crippen molar-refractivity contribution in [1.29, 1.82) is 0 Å². The van der Waals surface area contributed by atoms with Crippen molar-refractivity contribution < 1.29 is 29.3 Å². The van der Waals surface area contributed by atoms with Crippen LogP contribution in [0.15, 0.2) is 23.8 Å². The number of ketones is 2. The molecule has 7 atom stereocenters. The van der Waals surface area contributed by atoms with Crippen molar-refractivity contribution in [2.24, 2.45) is 28.6 Å². The Bertz CT molecular complexity index is 827. The molecule has 158 valence electrons. The van der Waals surface area contributed by atoms with Gasteiger partial charge in [-0.25, -0.2) is 0 Å². The van der Waals surface area contributed by atoms with Crippen molar-refractivity contribution in [2.75, 3.05) is 6.61 Å². The van der Waals surface area contributed by atoms with Crippen LogP contribution in [0.5, 0.6) is 0 Å². The second kappa shape index (κ2) is 6.61. The first-order chi connectivity index (χ1) is 13.5. The van der Waals surface area contributed by atoms with Crippen molar-refractivity contribution in [1.82, 2.24) is 0 Å². The van der Waals surface area contributed by atoms with E-state index >= 15 is 0 Å². The number of hydrogen-bond donors (Lipinski definition) is 2. The second-order valence-electron chi connectivity index (χ2n) is 9.81. The molecule has 3 saturated carbocycles. The molecule has 0 heterocycles. The summed E-state index contributed by atoms with van der Waals surface area (Å²) in [5.74, 6) is -0.836. The summed E-state index contributed by atoms with van der Waals surface area (Å²) < 4.78 is 4.88. The molecule has 0 aromatic carbocycles. The average molecular weight is 402 g/mol. The Hall–Kier alpha value is -1.79. The van der Waals surface area contributed by atoms with Crippen LogP contribution in [-0.2, 0) is 19.1 Å². The zero-order valence-corrected chi connectivity index (χ0v) is 17.3. The molecule has 0 saturated heterocycles. The molecule has 0 amide bonds. The van der Waals surface area contributed by atoms with Crippen molar-refractivity contribution in [3.63, 3.8) is 0 Å². The SMILES string of the molecule is CC(=O)OCC(=O)[C@@]1(O)CC[C@H]2[C@@H]3CCC4=CC(=O)C=C[C@]4(C)[C@@H]3[C@@H](O)C[C@@]21C. The van der Waals surface area contributed by atoms with E-state index in [4.69, 9.17) is 4.74 Å². The highest BCUT2D eigenvalue weighted by Crippen LogP contribution is 2.67. The van der Waals surface area contributed by atoms with Gasteiger partial charge in [-0.05, 0) is 56.1 Å². The van der Waals surface area contributed by atoms with Gasteiger partial charge in [0, 0.05) is 23.7 Å². The molecule has 0 bridgehead atoms. The smallest absolute Gasteiger partial charge is 0.303 e. The minimum absolute atomic E-state index is 0.00243. The second-order valence-corrected chi connectivity index (χ2v) is 9.81. The van der Waals surface area contributed by atoms with Gasteiger partial charge in [-0.2, -0.15) is 0 Å². The molecule has 4 aliphatic rings. The molecule has 0 spiro atoms. The lowest BCUT2D eigenvalue weighted by molar-refractivity contribution is -0.181. The number of fused-ring (bicyclic) bond motifs is 5. The lowest BCUT2D eigenvalue weighted by atomic mass is 9.46. The fraction of sp³-hybridized carbons (Fsp3) is 0.696. The van der Waals surface area contributed by atoms with Crippen LogP contribution < -0.4 is 0 Å². The Kier molecular flexibility index (Phi) is 4.67. The van der Waals surface area contributed by atoms with Crippen molar-refractivity contribution in [2.45, 2.75) is 64.6 Å². The molecule has 0 aliphatic heterocycles. The van der Waals surface area contributed by atoms with Gasteiger partial charge in [0.15, 0.2) is 12.4 Å². The molecule has 4 aliphatic carbocycles. The Morgan fingerprint density at radius 3 is 2.69 bits per heavy atom. The van der Waals surface area contributed by atoms with Gasteiger partial charge in [-0.15, -0.1) is 0 Å². The van der Waals surface area contributed by atoms with Crippen molar-refractivity contribution in [3.05, 3.63) is 23.8 Å². The molecular formula is C23H30O6. The van der Waals surface area contributed by atoms with Gasteiger partial charge in [-0.3, -0.25) is 14.4 Å². The van der Waals surface area contributed by atoms with E-state index in [9.17, 15) is 24.6 Å². The van der Waals surface area contributed by atoms with Crippen LogP contribution in [0.1, 0.15) is 52.9 Å². The van der Waals surface area contributed by atoms with Crippen LogP contribution in [0.4, 0.5) is 0 Å². The minimum Gasteiger partial charge on any atom is -0.458 e. The van der Waals surface area contributed by atoms with E-state index in [0.717, 1.165) is 18.4 Å². The molecule has 2 N–H and O–H groups in total. The molecular weight excluding hydrogens is 372 g/mol. The van der Waals surface area contributed by atoms with Crippen LogP contribution in [0.2, 0.25) is 0 Å². The normalized spacial score (nSPS) is 45.7. The predicted molar refractivity (Wildman–Crippen MR) is 105 cm³/mol. The summed E-state index contributed by atoms with van der Waals surface area (Å²) in [4.78, 5) is 35.9. The number of aliphatic hydroxyl groups is 2. The van der Waals surface area contributed by atoms with Crippen LogP contribution in [0.3, 0.4) is 0 Å². The third kappa shape index (κ3) is 2.79. The first-order valence-corrected chi connectivity index (χ1v) is 10.5. The van der Waals surface area contributed by atoms with E-state index in [1.165, 1.54) is 6.92 Å². The average Bonchev–Trinajstić information content (AvgIpc) is 2.91. The maximum atomic E-state index is 12.9. The third-order valence-corrected chi connectivity index (χ3v) is 8.52. The van der Waals surface area contributed by atoms with E-state index in [-0.39, 0.29) is 29.0 Å². The molecule has 3 fully saturated rings. The minimum atomic E-state index is -1.60. The van der Waals surface area contributed by atoms with Crippen molar-refractivity contribution in [3.8, 4) is 0 Å². The van der Waals surface area contributed by atoms with Gasteiger partial charge in [0.05, 0.1) is 6.10 Å². The van der Waals surface area contributed by atoms with E-state index < -0.39 is 35.5 Å². The maximum absolute atomic E-state index is 12.9. The Labute approximate surface area is 171 Å². The largest absolute Gasteiger partial charge is 0.458 e. The molecule has 0 radical (unpaired) electrons. The summed E-state index contributed by atoms with van der Waals surface area (Å²) in [6.45, 7) is 4.80. The molecule has 29 heavy (non-hydrogen) atoms. The molecule has 6 heteroatoms. The molecule has 6 nitrogen and oxygen atoms in total. The van der Waals surface area contributed by atoms with Crippen LogP contribution in [0, 0.1) is 28.6 Å². The highest BCUT2D eigenvalue weighted by molar-refractivity contribution is 6.01. The number of aliphatic hydroxyl groups excluding tert-OH is 1. The fourth-order valence-electron chi connectivity index (χ4n) is 7.08. The third-order valence-electron chi connectivity index (χ3n) is 8.52. The standard InChI is InChI=1S/C23H30O6/c1-13(24)29-12-19(27)23(28)9-7-17-16-5-4-14-10-15(25)6-8-21(14,2)20(16)18(26)11-22(17,23)3/h6,8,10,16-18,20,26,28H,4-5,7,9,11-12H2,1-3H3/t16-,17-,18-,20-,21-,22-,23-/m0/s1. The lowest BCUT2D eigenvalue weighted by Crippen LogP contribution is -2.61. The first kappa shape index (κ1) is 20.5. The van der Waals surface area contributed by atoms with Gasteiger partial charge in [0.25, 0.3) is 0 Å². The van der Waals surface area contributed by atoms with E-state index in [2.05, 4.69) is 6.92 Å². The van der Waals surface area contributed by atoms with Crippen LogP contribution in [0.25, 0.3) is 0 Å². The molecule has 0 aromatic heterocycles. The van der Waals surface area contributed by atoms with Gasteiger partial charge in [0.1, 0.15) is 5.60 Å². The van der Waals surface area contributed by atoms with Gasteiger partial charge in [0.2, 0.25) is 5.78 Å². The Balaban J connectivity index is 1.66. The number of hydrogen-bond acceptors (Lipinski definition) is 6. The number of ether oxygens (including phenoxy) is 1. The van der Waals surface area contributed by atoms with Crippen LogP contribution in [-0.4, -0.2) is 46.1 Å². The molecule has 0 unspecified atom stereocenters.